The van der Waals surface area contributed by atoms with Gasteiger partial charge in [-0.25, -0.2) is 4.98 Å². The van der Waals surface area contributed by atoms with Gasteiger partial charge >= 0.3 is 0 Å². The molecule has 2 saturated carbocycles. The van der Waals surface area contributed by atoms with Gasteiger partial charge in [0.1, 0.15) is 0 Å². The van der Waals surface area contributed by atoms with Crippen molar-refractivity contribution in [3.63, 3.8) is 0 Å². The number of anilines is 1. The second-order valence-corrected chi connectivity index (χ2v) is 5.82. The van der Waals surface area contributed by atoms with Crippen LogP contribution in [0.25, 0.3) is 0 Å². The molecule has 0 aliphatic heterocycles. The summed E-state index contributed by atoms with van der Waals surface area (Å²) in [5, 5.41) is 0. The molecule has 19 heavy (non-hydrogen) atoms. The van der Waals surface area contributed by atoms with E-state index >= 15 is 0 Å². The molecule has 2 atom stereocenters. The minimum Gasteiger partial charge on any atom is -0.351 e. The van der Waals surface area contributed by atoms with E-state index in [4.69, 9.17) is 5.73 Å². The van der Waals surface area contributed by atoms with E-state index in [0.717, 1.165) is 25.7 Å². The normalized spacial score (nSPS) is 27.3. The molecule has 2 aliphatic rings. The summed E-state index contributed by atoms with van der Waals surface area (Å²) in [5.41, 5.74) is 6.23. The monoisotopic (exact) mass is 262 g/mol. The van der Waals surface area contributed by atoms with Crippen LogP contribution < -0.4 is 16.2 Å². The van der Waals surface area contributed by atoms with Crippen LogP contribution in [0.4, 0.5) is 5.82 Å². The van der Waals surface area contributed by atoms with Crippen LogP contribution in [0.5, 0.6) is 0 Å². The first kappa shape index (κ1) is 12.7. The molecule has 2 aliphatic carbocycles. The molecule has 2 fully saturated rings. The fourth-order valence-electron chi connectivity index (χ4n) is 3.07. The maximum Gasteiger partial charge on any atom is 0.293 e. The van der Waals surface area contributed by atoms with Gasteiger partial charge in [0.15, 0.2) is 5.82 Å². The van der Waals surface area contributed by atoms with Crippen molar-refractivity contribution in [2.45, 2.75) is 56.7 Å². The Kier molecular flexibility index (Phi) is 3.31. The van der Waals surface area contributed by atoms with Crippen molar-refractivity contribution in [1.29, 1.82) is 0 Å². The molecule has 0 bridgehead atoms. The van der Waals surface area contributed by atoms with Gasteiger partial charge in [-0.05, 0) is 25.7 Å². The maximum absolute atomic E-state index is 12.5. The number of nitrogens with two attached hydrogens (primary N) is 1. The van der Waals surface area contributed by atoms with Crippen molar-refractivity contribution >= 4 is 5.82 Å². The lowest BCUT2D eigenvalue weighted by molar-refractivity contribution is 0.371. The maximum atomic E-state index is 12.5. The van der Waals surface area contributed by atoms with Gasteiger partial charge in [-0.1, -0.05) is 12.8 Å². The molecule has 0 amide bonds. The summed E-state index contributed by atoms with van der Waals surface area (Å²) in [7, 11) is 1.96. The van der Waals surface area contributed by atoms with E-state index in [2.05, 4.69) is 4.98 Å². The van der Waals surface area contributed by atoms with Gasteiger partial charge in [-0.3, -0.25) is 4.79 Å². The third-order valence-corrected chi connectivity index (χ3v) is 4.40. The van der Waals surface area contributed by atoms with Gasteiger partial charge in [0.2, 0.25) is 0 Å². The molecular formula is C14H22N4O. The third-order valence-electron chi connectivity index (χ3n) is 4.40. The number of aromatic nitrogens is 2. The summed E-state index contributed by atoms with van der Waals surface area (Å²) < 4.78 is 1.83. The topological polar surface area (TPSA) is 64.2 Å². The van der Waals surface area contributed by atoms with Crippen LogP contribution in [0.2, 0.25) is 0 Å². The van der Waals surface area contributed by atoms with Crippen LogP contribution in [-0.2, 0) is 0 Å². The molecule has 1 aromatic heterocycles. The Labute approximate surface area is 113 Å². The van der Waals surface area contributed by atoms with Crippen LogP contribution in [-0.4, -0.2) is 28.7 Å². The summed E-state index contributed by atoms with van der Waals surface area (Å²) in [6.07, 6.45) is 10.2. The minimum absolute atomic E-state index is 0.0327. The fraction of sp³-hybridized carbons (Fsp3) is 0.714. The molecule has 0 radical (unpaired) electrons. The first-order valence-corrected chi connectivity index (χ1v) is 7.24. The average Bonchev–Trinajstić information content (AvgIpc) is 3.23. The molecule has 5 heteroatoms. The first-order valence-electron chi connectivity index (χ1n) is 7.24. The second-order valence-electron chi connectivity index (χ2n) is 5.82. The molecule has 5 nitrogen and oxygen atoms in total. The summed E-state index contributed by atoms with van der Waals surface area (Å²) in [4.78, 5) is 18.8. The van der Waals surface area contributed by atoms with Crippen molar-refractivity contribution < 1.29 is 0 Å². The highest BCUT2D eigenvalue weighted by Gasteiger charge is 2.30. The molecule has 104 valence electrons. The van der Waals surface area contributed by atoms with E-state index in [1.165, 1.54) is 12.8 Å². The molecule has 0 aromatic carbocycles. The Hall–Kier alpha value is -1.36. The summed E-state index contributed by atoms with van der Waals surface area (Å²) in [5.74, 6) is 0.553. The van der Waals surface area contributed by atoms with E-state index in [1.54, 1.807) is 12.4 Å². The number of likely N-dealkylation sites (N-methyl/N-ethyl adjacent to an activating group) is 1. The second kappa shape index (κ2) is 4.96. The fourth-order valence-corrected chi connectivity index (χ4v) is 3.07. The minimum atomic E-state index is 0.0327. The van der Waals surface area contributed by atoms with Crippen LogP contribution in [0, 0.1) is 0 Å². The molecular weight excluding hydrogens is 240 g/mol. The Bertz CT molecular complexity index is 508. The van der Waals surface area contributed by atoms with Crippen molar-refractivity contribution in [3.05, 3.63) is 22.7 Å². The summed E-state index contributed by atoms with van der Waals surface area (Å²) in [6, 6.07) is 0.779. The Morgan fingerprint density at radius 1 is 1.32 bits per heavy atom. The van der Waals surface area contributed by atoms with Gasteiger partial charge in [-0.15, -0.1) is 0 Å². The largest absolute Gasteiger partial charge is 0.351 e. The molecule has 2 N–H and O–H groups in total. The van der Waals surface area contributed by atoms with Gasteiger partial charge in [-0.2, -0.15) is 0 Å². The van der Waals surface area contributed by atoms with Crippen molar-refractivity contribution in [2.75, 3.05) is 11.9 Å². The molecule has 0 saturated heterocycles. The summed E-state index contributed by atoms with van der Waals surface area (Å²) >= 11 is 0. The highest BCUT2D eigenvalue weighted by molar-refractivity contribution is 5.37. The quantitative estimate of drug-likeness (QED) is 0.891. The van der Waals surface area contributed by atoms with Crippen LogP contribution in [0.1, 0.15) is 44.6 Å². The Balaban J connectivity index is 1.88. The number of nitrogens with zero attached hydrogens (tertiary/aromatic N) is 3. The number of hydrogen-bond donors (Lipinski definition) is 1. The molecule has 1 heterocycles. The van der Waals surface area contributed by atoms with E-state index < -0.39 is 0 Å². The molecule has 0 spiro atoms. The van der Waals surface area contributed by atoms with E-state index in [9.17, 15) is 4.79 Å². The summed E-state index contributed by atoms with van der Waals surface area (Å²) in [6.45, 7) is 0. The lowest BCUT2D eigenvalue weighted by Gasteiger charge is -2.36. The van der Waals surface area contributed by atoms with Crippen LogP contribution >= 0.6 is 0 Å². The lowest BCUT2D eigenvalue weighted by Crippen LogP contribution is -2.50. The highest BCUT2D eigenvalue weighted by Crippen LogP contribution is 2.33. The van der Waals surface area contributed by atoms with E-state index in [1.807, 2.05) is 16.5 Å². The standard InChI is InChI=1S/C14H22N4O/c1-17(12-5-3-2-4-11(12)15)13-14(19)18(9-8-16-13)10-6-7-10/h8-12H,2-7,15H2,1H3. The van der Waals surface area contributed by atoms with Gasteiger partial charge < -0.3 is 15.2 Å². The lowest BCUT2D eigenvalue weighted by atomic mass is 9.90. The van der Waals surface area contributed by atoms with E-state index in [-0.39, 0.29) is 17.6 Å². The van der Waals surface area contributed by atoms with Crippen LogP contribution in [0.15, 0.2) is 17.2 Å². The smallest absolute Gasteiger partial charge is 0.293 e. The zero-order chi connectivity index (χ0) is 13.4. The van der Waals surface area contributed by atoms with Crippen LogP contribution in [0.3, 0.4) is 0 Å². The predicted molar refractivity (Wildman–Crippen MR) is 75.4 cm³/mol. The van der Waals surface area contributed by atoms with Crippen molar-refractivity contribution in [2.24, 2.45) is 5.73 Å². The molecule has 3 rings (SSSR count). The molecule has 2 unspecified atom stereocenters. The zero-order valence-electron chi connectivity index (χ0n) is 11.5. The zero-order valence-corrected chi connectivity index (χ0v) is 11.5. The van der Waals surface area contributed by atoms with Crippen molar-refractivity contribution in [1.82, 2.24) is 9.55 Å². The highest BCUT2D eigenvalue weighted by atomic mass is 16.1. The predicted octanol–water partition coefficient (Wildman–Crippen LogP) is 1.28. The molecule has 1 aromatic rings. The van der Waals surface area contributed by atoms with Gasteiger partial charge in [0.25, 0.3) is 5.56 Å². The van der Waals surface area contributed by atoms with Gasteiger partial charge in [0.05, 0.1) is 0 Å². The number of rotatable bonds is 3. The van der Waals surface area contributed by atoms with E-state index in [0.29, 0.717) is 11.9 Å². The number of hydrogen-bond acceptors (Lipinski definition) is 4. The van der Waals surface area contributed by atoms with Gasteiger partial charge in [0, 0.05) is 37.6 Å². The Morgan fingerprint density at radius 3 is 2.74 bits per heavy atom. The average molecular weight is 262 g/mol. The SMILES string of the molecule is CN(c1nccn(C2CC2)c1=O)C1CCCCC1N. The first-order chi connectivity index (χ1) is 9.18. The third kappa shape index (κ3) is 2.39. The van der Waals surface area contributed by atoms with Crippen molar-refractivity contribution in [3.8, 4) is 0 Å². The Morgan fingerprint density at radius 2 is 2.05 bits per heavy atom.